The van der Waals surface area contributed by atoms with Crippen molar-refractivity contribution in [3.05, 3.63) is 0 Å². The first-order valence-electron chi connectivity index (χ1n) is 6.22. The molecule has 0 atom stereocenters. The van der Waals surface area contributed by atoms with Crippen LogP contribution in [0.2, 0.25) is 0 Å². The molecule has 0 bridgehead atoms. The minimum atomic E-state index is 0.383. The van der Waals surface area contributed by atoms with E-state index in [1.54, 1.807) is 0 Å². The fraction of sp³-hybridized carbons (Fsp3) is 0.786. The van der Waals surface area contributed by atoms with Gasteiger partial charge < -0.3 is 0 Å². The van der Waals surface area contributed by atoms with Crippen molar-refractivity contribution in [3.63, 3.8) is 0 Å². The fourth-order valence-electron chi connectivity index (χ4n) is 1.55. The molecule has 0 amide bonds. The molecule has 15 heavy (non-hydrogen) atoms. The van der Waals surface area contributed by atoms with Crippen LogP contribution in [0.5, 0.6) is 0 Å². The molecule has 0 heterocycles. The molecule has 0 aromatic carbocycles. The Bertz CT molecular complexity index is 207. The summed E-state index contributed by atoms with van der Waals surface area (Å²) >= 11 is 0. The smallest absolute Gasteiger partial charge is 0.133 e. The van der Waals surface area contributed by atoms with Crippen LogP contribution in [0.1, 0.15) is 71.6 Å². The standard InChI is InChI=1S/C14H24O/c1-3-5-7-8-9-11-13-14(15)12-10-6-4-2/h3,5,7-13H2,1-2H3. The largest absolute Gasteiger partial charge is 0.300 e. The molecule has 0 rings (SSSR count). The summed E-state index contributed by atoms with van der Waals surface area (Å²) in [5.41, 5.74) is 0. The van der Waals surface area contributed by atoms with E-state index >= 15 is 0 Å². The lowest BCUT2D eigenvalue weighted by Crippen LogP contribution is -1.96. The molecule has 0 saturated heterocycles. The Hall–Kier alpha value is -0.770. The Labute approximate surface area is 94.6 Å². The second-order valence-corrected chi connectivity index (χ2v) is 3.98. The maximum absolute atomic E-state index is 11.3. The van der Waals surface area contributed by atoms with E-state index in [0.29, 0.717) is 12.2 Å². The molecular weight excluding hydrogens is 184 g/mol. The van der Waals surface area contributed by atoms with Gasteiger partial charge in [0.25, 0.3) is 0 Å². The molecule has 0 aromatic heterocycles. The van der Waals surface area contributed by atoms with Gasteiger partial charge in [-0.2, -0.15) is 0 Å². The second kappa shape index (κ2) is 11.3. The molecular formula is C14H24O. The van der Waals surface area contributed by atoms with E-state index in [0.717, 1.165) is 19.3 Å². The van der Waals surface area contributed by atoms with Gasteiger partial charge in [0.05, 0.1) is 0 Å². The van der Waals surface area contributed by atoms with Crippen LogP contribution in [0, 0.1) is 11.8 Å². The van der Waals surface area contributed by atoms with Crippen LogP contribution in [-0.2, 0) is 4.79 Å². The van der Waals surface area contributed by atoms with Crippen molar-refractivity contribution >= 4 is 5.78 Å². The summed E-state index contributed by atoms with van der Waals surface area (Å²) in [4.78, 5) is 11.3. The monoisotopic (exact) mass is 208 g/mol. The number of Topliss-reactive ketones (excluding diaryl/α,β-unsaturated/α-hetero) is 1. The van der Waals surface area contributed by atoms with E-state index in [2.05, 4.69) is 18.8 Å². The van der Waals surface area contributed by atoms with E-state index in [1.807, 2.05) is 6.92 Å². The van der Waals surface area contributed by atoms with E-state index < -0.39 is 0 Å². The average Bonchev–Trinajstić information content (AvgIpc) is 2.23. The third-order valence-corrected chi connectivity index (χ3v) is 2.51. The normalized spacial score (nSPS) is 9.47. The van der Waals surface area contributed by atoms with Gasteiger partial charge in [-0.25, -0.2) is 0 Å². The molecule has 0 spiro atoms. The second-order valence-electron chi connectivity index (χ2n) is 3.98. The summed E-state index contributed by atoms with van der Waals surface area (Å²) in [6, 6.07) is 0. The van der Waals surface area contributed by atoms with Crippen molar-refractivity contribution in [1.29, 1.82) is 0 Å². The Morgan fingerprint density at radius 1 is 1.00 bits per heavy atom. The van der Waals surface area contributed by atoms with Gasteiger partial charge in [-0.05, 0) is 13.3 Å². The lowest BCUT2D eigenvalue weighted by Gasteiger charge is -1.99. The first-order chi connectivity index (χ1) is 7.31. The van der Waals surface area contributed by atoms with Gasteiger partial charge in [0.15, 0.2) is 0 Å². The lowest BCUT2D eigenvalue weighted by molar-refractivity contribution is -0.119. The van der Waals surface area contributed by atoms with Crippen LogP contribution in [-0.4, -0.2) is 5.78 Å². The SMILES string of the molecule is CC#CCCC(=O)CCCCCCCC. The summed E-state index contributed by atoms with van der Waals surface area (Å²) < 4.78 is 0. The molecule has 1 heteroatoms. The maximum Gasteiger partial charge on any atom is 0.133 e. The molecule has 0 saturated carbocycles. The van der Waals surface area contributed by atoms with Crippen molar-refractivity contribution in [2.24, 2.45) is 0 Å². The highest BCUT2D eigenvalue weighted by molar-refractivity contribution is 5.78. The highest BCUT2D eigenvalue weighted by Crippen LogP contribution is 2.08. The number of rotatable bonds is 9. The molecule has 0 aliphatic heterocycles. The summed E-state index contributed by atoms with van der Waals surface area (Å²) in [6.45, 7) is 4.04. The van der Waals surface area contributed by atoms with Gasteiger partial charge in [-0.15, -0.1) is 11.8 Å². The third-order valence-electron chi connectivity index (χ3n) is 2.51. The molecule has 0 aliphatic carbocycles. The van der Waals surface area contributed by atoms with E-state index in [9.17, 15) is 4.79 Å². The molecule has 0 aliphatic rings. The number of ketones is 1. The Morgan fingerprint density at radius 3 is 2.33 bits per heavy atom. The number of hydrogen-bond donors (Lipinski definition) is 0. The van der Waals surface area contributed by atoms with Crippen LogP contribution < -0.4 is 0 Å². The van der Waals surface area contributed by atoms with Gasteiger partial charge in [-0.3, -0.25) is 4.79 Å². The number of carbonyl (C=O) groups is 1. The zero-order valence-electron chi connectivity index (χ0n) is 10.3. The Morgan fingerprint density at radius 2 is 1.67 bits per heavy atom. The van der Waals surface area contributed by atoms with Crippen molar-refractivity contribution in [1.82, 2.24) is 0 Å². The van der Waals surface area contributed by atoms with Crippen LogP contribution >= 0.6 is 0 Å². The van der Waals surface area contributed by atoms with E-state index in [4.69, 9.17) is 0 Å². The van der Waals surface area contributed by atoms with Gasteiger partial charge >= 0.3 is 0 Å². The maximum atomic E-state index is 11.3. The van der Waals surface area contributed by atoms with Crippen LogP contribution in [0.15, 0.2) is 0 Å². The number of carbonyl (C=O) groups excluding carboxylic acids is 1. The van der Waals surface area contributed by atoms with Crippen molar-refractivity contribution in [2.75, 3.05) is 0 Å². The fourth-order valence-corrected chi connectivity index (χ4v) is 1.55. The predicted octanol–water partition coefficient (Wildman–Crippen LogP) is 4.11. The zero-order chi connectivity index (χ0) is 11.4. The molecule has 0 fully saturated rings. The summed E-state index contributed by atoms with van der Waals surface area (Å²) in [7, 11) is 0. The van der Waals surface area contributed by atoms with Crippen molar-refractivity contribution in [2.45, 2.75) is 71.6 Å². The molecule has 0 N–H and O–H groups in total. The zero-order valence-corrected chi connectivity index (χ0v) is 10.3. The van der Waals surface area contributed by atoms with Crippen molar-refractivity contribution in [3.8, 4) is 11.8 Å². The van der Waals surface area contributed by atoms with Gasteiger partial charge in [-0.1, -0.05) is 39.0 Å². The highest BCUT2D eigenvalue weighted by atomic mass is 16.1. The molecule has 86 valence electrons. The van der Waals surface area contributed by atoms with Crippen molar-refractivity contribution < 1.29 is 4.79 Å². The predicted molar refractivity (Wildman–Crippen MR) is 65.7 cm³/mol. The Balaban J connectivity index is 3.19. The minimum Gasteiger partial charge on any atom is -0.300 e. The van der Waals surface area contributed by atoms with Crippen LogP contribution in [0.4, 0.5) is 0 Å². The lowest BCUT2D eigenvalue weighted by atomic mass is 10.1. The summed E-state index contributed by atoms with van der Waals surface area (Å²) in [6.07, 6.45) is 9.67. The van der Waals surface area contributed by atoms with Crippen LogP contribution in [0.3, 0.4) is 0 Å². The minimum absolute atomic E-state index is 0.383. The first-order valence-corrected chi connectivity index (χ1v) is 6.22. The number of hydrogen-bond acceptors (Lipinski definition) is 1. The third kappa shape index (κ3) is 11.2. The van der Waals surface area contributed by atoms with Gasteiger partial charge in [0.2, 0.25) is 0 Å². The first kappa shape index (κ1) is 14.2. The quantitative estimate of drug-likeness (QED) is 0.411. The number of unbranched alkanes of at least 4 members (excludes halogenated alkanes) is 5. The van der Waals surface area contributed by atoms with Crippen LogP contribution in [0.25, 0.3) is 0 Å². The molecule has 0 aromatic rings. The molecule has 0 radical (unpaired) electrons. The molecule has 1 nitrogen and oxygen atoms in total. The van der Waals surface area contributed by atoms with Gasteiger partial charge in [0.1, 0.15) is 5.78 Å². The van der Waals surface area contributed by atoms with E-state index in [1.165, 1.54) is 32.1 Å². The Kier molecular flexibility index (Phi) is 10.7. The summed E-state index contributed by atoms with van der Waals surface area (Å²) in [5.74, 6) is 6.12. The topological polar surface area (TPSA) is 17.1 Å². The van der Waals surface area contributed by atoms with E-state index in [-0.39, 0.29) is 0 Å². The molecule has 0 unspecified atom stereocenters. The average molecular weight is 208 g/mol. The summed E-state index contributed by atoms with van der Waals surface area (Å²) in [5, 5.41) is 0. The van der Waals surface area contributed by atoms with Gasteiger partial charge in [0, 0.05) is 19.3 Å². The highest BCUT2D eigenvalue weighted by Gasteiger charge is 1.99.